The van der Waals surface area contributed by atoms with Crippen LogP contribution in [0.4, 0.5) is 0 Å². The molecule has 0 spiro atoms. The van der Waals surface area contributed by atoms with Crippen molar-refractivity contribution >= 4 is 5.97 Å². The maximum absolute atomic E-state index is 11.0. The van der Waals surface area contributed by atoms with Gasteiger partial charge < -0.3 is 4.74 Å². The van der Waals surface area contributed by atoms with Gasteiger partial charge in [0.2, 0.25) is 0 Å². The Morgan fingerprint density at radius 2 is 1.41 bits per heavy atom. The van der Waals surface area contributed by atoms with Crippen molar-refractivity contribution < 1.29 is 9.53 Å². The van der Waals surface area contributed by atoms with Crippen LogP contribution >= 0.6 is 0 Å². The summed E-state index contributed by atoms with van der Waals surface area (Å²) >= 11 is 0. The van der Waals surface area contributed by atoms with Gasteiger partial charge in [-0.05, 0) is 62.2 Å². The maximum Gasteiger partial charge on any atom is 0.309 e. The lowest BCUT2D eigenvalue weighted by Gasteiger charge is -2.41. The fraction of sp³-hybridized carbons (Fsp3) is 0.950. The van der Waals surface area contributed by atoms with Crippen molar-refractivity contribution in [2.75, 3.05) is 0 Å². The van der Waals surface area contributed by atoms with Crippen LogP contribution in [0, 0.1) is 23.7 Å². The van der Waals surface area contributed by atoms with Crippen LogP contribution in [-0.4, -0.2) is 12.1 Å². The summed E-state index contributed by atoms with van der Waals surface area (Å²) in [7, 11) is 0. The van der Waals surface area contributed by atoms with Crippen molar-refractivity contribution in [1.82, 2.24) is 0 Å². The average molecular weight is 306 g/mol. The first-order valence-corrected chi connectivity index (χ1v) is 9.95. The highest BCUT2D eigenvalue weighted by Gasteiger charge is 2.39. The zero-order valence-electron chi connectivity index (χ0n) is 14.4. The van der Waals surface area contributed by atoms with E-state index in [0.717, 1.165) is 17.8 Å². The lowest BCUT2D eigenvalue weighted by molar-refractivity contribution is -0.176. The Hall–Kier alpha value is -0.530. The zero-order valence-corrected chi connectivity index (χ0v) is 14.4. The number of hydrogen-bond acceptors (Lipinski definition) is 2. The lowest BCUT2D eigenvalue weighted by Crippen LogP contribution is -2.41. The molecule has 0 aromatic heterocycles. The predicted molar refractivity (Wildman–Crippen MR) is 89.5 cm³/mol. The van der Waals surface area contributed by atoms with E-state index in [1.54, 1.807) is 0 Å². The SMILES string of the molecule is CCCCCC1CCC(C2CCC(C3CC(=O)O3)CC2)CC1. The molecule has 0 aromatic carbocycles. The molecule has 0 amide bonds. The molecule has 1 unspecified atom stereocenters. The summed E-state index contributed by atoms with van der Waals surface area (Å²) in [6.07, 6.45) is 18.1. The number of ether oxygens (including phenoxy) is 1. The number of carbonyl (C=O) groups is 1. The lowest BCUT2D eigenvalue weighted by atomic mass is 9.67. The number of cyclic esters (lactones) is 1. The second kappa shape index (κ2) is 7.84. The third kappa shape index (κ3) is 4.06. The molecule has 1 heterocycles. The number of rotatable bonds is 6. The Kier molecular flexibility index (Phi) is 5.82. The van der Waals surface area contributed by atoms with Crippen LogP contribution in [0.1, 0.15) is 90.4 Å². The van der Waals surface area contributed by atoms with Gasteiger partial charge in [-0.25, -0.2) is 0 Å². The van der Waals surface area contributed by atoms with Gasteiger partial charge >= 0.3 is 5.97 Å². The van der Waals surface area contributed by atoms with Gasteiger partial charge in [-0.1, -0.05) is 45.4 Å². The molecule has 22 heavy (non-hydrogen) atoms. The van der Waals surface area contributed by atoms with Gasteiger partial charge in [0.05, 0.1) is 6.42 Å². The standard InChI is InChI=1S/C20H34O2/c1-2-3-4-5-15-6-8-16(9-7-15)17-10-12-18(13-11-17)19-14-20(21)22-19/h15-19H,2-14H2,1H3. The second-order valence-corrected chi connectivity index (χ2v) is 8.18. The van der Waals surface area contributed by atoms with Crippen LogP contribution in [0.15, 0.2) is 0 Å². The van der Waals surface area contributed by atoms with Gasteiger partial charge in [-0.2, -0.15) is 0 Å². The molecule has 2 saturated carbocycles. The highest BCUT2D eigenvalue weighted by Crippen LogP contribution is 2.44. The Bertz CT molecular complexity index is 341. The van der Waals surface area contributed by atoms with E-state index < -0.39 is 0 Å². The minimum atomic E-state index is 0.0218. The fourth-order valence-corrected chi connectivity index (χ4v) is 5.21. The molecule has 0 radical (unpaired) electrons. The topological polar surface area (TPSA) is 26.3 Å². The van der Waals surface area contributed by atoms with Crippen LogP contribution in [0.5, 0.6) is 0 Å². The highest BCUT2D eigenvalue weighted by molar-refractivity contribution is 5.75. The molecular weight excluding hydrogens is 272 g/mol. The Labute approximate surface area is 136 Å². The number of carbonyl (C=O) groups excluding carboxylic acids is 1. The summed E-state index contributed by atoms with van der Waals surface area (Å²) in [5.41, 5.74) is 0. The predicted octanol–water partition coefficient (Wildman–Crippen LogP) is 5.50. The quantitative estimate of drug-likeness (QED) is 0.479. The summed E-state index contributed by atoms with van der Waals surface area (Å²) in [6.45, 7) is 2.30. The van der Waals surface area contributed by atoms with E-state index in [0.29, 0.717) is 12.3 Å². The number of unbranched alkanes of at least 4 members (excludes halogenated alkanes) is 2. The zero-order chi connectivity index (χ0) is 15.4. The van der Waals surface area contributed by atoms with Crippen LogP contribution in [-0.2, 0) is 9.53 Å². The Morgan fingerprint density at radius 3 is 1.95 bits per heavy atom. The fourth-order valence-electron chi connectivity index (χ4n) is 5.21. The summed E-state index contributed by atoms with van der Waals surface area (Å²) in [5.74, 6) is 3.72. The van der Waals surface area contributed by atoms with Gasteiger partial charge in [-0.15, -0.1) is 0 Å². The molecule has 0 N–H and O–H groups in total. The van der Waals surface area contributed by atoms with E-state index in [4.69, 9.17) is 4.74 Å². The molecule has 3 fully saturated rings. The van der Waals surface area contributed by atoms with E-state index in [9.17, 15) is 4.79 Å². The minimum absolute atomic E-state index is 0.0218. The molecule has 0 bridgehead atoms. The summed E-state index contributed by atoms with van der Waals surface area (Å²) < 4.78 is 5.28. The molecule has 3 aliphatic rings. The van der Waals surface area contributed by atoms with E-state index in [1.807, 2.05) is 0 Å². The molecule has 0 aromatic rings. The first kappa shape index (κ1) is 16.3. The van der Waals surface area contributed by atoms with Gasteiger partial charge in [0.15, 0.2) is 0 Å². The molecule has 1 aliphatic heterocycles. The second-order valence-electron chi connectivity index (χ2n) is 8.18. The van der Waals surface area contributed by atoms with Crippen molar-refractivity contribution in [3.05, 3.63) is 0 Å². The molecule has 2 nitrogen and oxygen atoms in total. The molecule has 1 saturated heterocycles. The first-order valence-electron chi connectivity index (χ1n) is 9.95. The van der Waals surface area contributed by atoms with Crippen molar-refractivity contribution in [1.29, 1.82) is 0 Å². The highest BCUT2D eigenvalue weighted by atomic mass is 16.6. The molecule has 3 rings (SSSR count). The van der Waals surface area contributed by atoms with E-state index in [1.165, 1.54) is 77.0 Å². The summed E-state index contributed by atoms with van der Waals surface area (Å²) in [6, 6.07) is 0. The smallest absolute Gasteiger partial charge is 0.309 e. The van der Waals surface area contributed by atoms with Crippen LogP contribution in [0.25, 0.3) is 0 Å². The molecule has 2 heteroatoms. The largest absolute Gasteiger partial charge is 0.461 e. The van der Waals surface area contributed by atoms with Crippen LogP contribution < -0.4 is 0 Å². The van der Waals surface area contributed by atoms with Crippen molar-refractivity contribution in [3.8, 4) is 0 Å². The van der Waals surface area contributed by atoms with Crippen LogP contribution in [0.2, 0.25) is 0 Å². The molecule has 2 aliphatic carbocycles. The minimum Gasteiger partial charge on any atom is -0.461 e. The van der Waals surface area contributed by atoms with E-state index in [2.05, 4.69) is 6.92 Å². The molecule has 126 valence electrons. The Morgan fingerprint density at radius 1 is 0.864 bits per heavy atom. The van der Waals surface area contributed by atoms with Crippen molar-refractivity contribution in [3.63, 3.8) is 0 Å². The summed E-state index contributed by atoms with van der Waals surface area (Å²) in [5, 5.41) is 0. The summed E-state index contributed by atoms with van der Waals surface area (Å²) in [4.78, 5) is 11.0. The first-order chi connectivity index (χ1) is 10.8. The number of esters is 1. The van der Waals surface area contributed by atoms with Crippen molar-refractivity contribution in [2.24, 2.45) is 23.7 Å². The van der Waals surface area contributed by atoms with Gasteiger partial charge in [0, 0.05) is 0 Å². The molecular formula is C20H34O2. The maximum atomic E-state index is 11.0. The Balaban J connectivity index is 1.33. The normalized spacial score (nSPS) is 39.1. The third-order valence-corrected chi connectivity index (χ3v) is 6.77. The van der Waals surface area contributed by atoms with Crippen LogP contribution in [0.3, 0.4) is 0 Å². The van der Waals surface area contributed by atoms with Gasteiger partial charge in [0.25, 0.3) is 0 Å². The number of hydrogen-bond donors (Lipinski definition) is 0. The van der Waals surface area contributed by atoms with E-state index in [-0.39, 0.29) is 12.1 Å². The third-order valence-electron chi connectivity index (χ3n) is 6.77. The van der Waals surface area contributed by atoms with Gasteiger partial charge in [0.1, 0.15) is 6.10 Å². The van der Waals surface area contributed by atoms with E-state index >= 15 is 0 Å². The average Bonchev–Trinajstić information content (AvgIpc) is 2.53. The van der Waals surface area contributed by atoms with Crippen molar-refractivity contribution in [2.45, 2.75) is 96.5 Å². The van der Waals surface area contributed by atoms with Gasteiger partial charge in [-0.3, -0.25) is 4.79 Å². The monoisotopic (exact) mass is 306 g/mol. The molecule has 1 atom stereocenters.